The molecule has 4 fully saturated rings. The molecule has 3 saturated heterocycles. The SMILES string of the molecule is c1coc(CCNC(=NCCCN2CCOCC2)N2CCC3C(CCCN3C3CC3)C2)c1. The van der Waals surface area contributed by atoms with Gasteiger partial charge in [-0.3, -0.25) is 14.8 Å². The first-order valence-corrected chi connectivity index (χ1v) is 13.0. The van der Waals surface area contributed by atoms with Gasteiger partial charge in [0.2, 0.25) is 0 Å². The van der Waals surface area contributed by atoms with Crippen LogP contribution in [0.25, 0.3) is 0 Å². The van der Waals surface area contributed by atoms with Crippen molar-refractivity contribution in [1.29, 1.82) is 0 Å². The maximum atomic E-state index is 5.52. The topological polar surface area (TPSA) is 56.5 Å². The smallest absolute Gasteiger partial charge is 0.193 e. The van der Waals surface area contributed by atoms with Gasteiger partial charge in [-0.25, -0.2) is 0 Å². The number of likely N-dealkylation sites (tertiary alicyclic amines) is 2. The van der Waals surface area contributed by atoms with E-state index in [9.17, 15) is 0 Å². The summed E-state index contributed by atoms with van der Waals surface area (Å²) in [4.78, 5) is 13.0. The van der Waals surface area contributed by atoms with Gasteiger partial charge in [-0.15, -0.1) is 0 Å². The molecule has 1 N–H and O–H groups in total. The van der Waals surface area contributed by atoms with Gasteiger partial charge in [0.05, 0.1) is 19.5 Å². The van der Waals surface area contributed by atoms with Crippen LogP contribution in [-0.4, -0.2) is 98.3 Å². The summed E-state index contributed by atoms with van der Waals surface area (Å²) in [7, 11) is 0. The van der Waals surface area contributed by atoms with Crippen LogP contribution in [0, 0.1) is 5.92 Å². The molecule has 1 saturated carbocycles. The standard InChI is InChI=1S/C25H41N5O2/c1-4-21-20-29(14-9-24(21)30(13-1)22-6-7-22)25(27-11-8-23-5-2-17-32-23)26-10-3-12-28-15-18-31-19-16-28/h2,5,17,21-22,24H,1,3-4,6-16,18-20H2,(H,26,27). The third-order valence-corrected chi connectivity index (χ3v) is 7.66. The molecule has 0 amide bonds. The van der Waals surface area contributed by atoms with Crippen molar-refractivity contribution in [2.75, 3.05) is 65.6 Å². The molecule has 5 rings (SSSR count). The number of guanidine groups is 1. The van der Waals surface area contributed by atoms with Crippen LogP contribution >= 0.6 is 0 Å². The number of ether oxygens (including phenoxy) is 1. The number of furan rings is 1. The lowest BCUT2D eigenvalue weighted by Crippen LogP contribution is -2.57. The average molecular weight is 444 g/mol. The Labute approximate surface area is 193 Å². The van der Waals surface area contributed by atoms with Crippen molar-refractivity contribution in [3.63, 3.8) is 0 Å². The molecule has 1 aliphatic carbocycles. The number of rotatable bonds is 8. The monoisotopic (exact) mass is 443 g/mol. The number of aliphatic imine (C=N–C) groups is 1. The van der Waals surface area contributed by atoms with Crippen LogP contribution in [0.3, 0.4) is 0 Å². The molecule has 2 unspecified atom stereocenters. The number of hydrogen-bond acceptors (Lipinski definition) is 5. The third-order valence-electron chi connectivity index (χ3n) is 7.66. The third kappa shape index (κ3) is 5.86. The van der Waals surface area contributed by atoms with E-state index in [1.54, 1.807) is 6.26 Å². The lowest BCUT2D eigenvalue weighted by atomic mass is 9.83. The van der Waals surface area contributed by atoms with Gasteiger partial charge in [-0.05, 0) is 63.1 Å². The number of nitrogens with zero attached hydrogens (tertiary/aromatic N) is 4. The summed E-state index contributed by atoms with van der Waals surface area (Å²) in [6.45, 7) is 10.4. The number of fused-ring (bicyclic) bond motifs is 1. The molecular formula is C25H41N5O2. The van der Waals surface area contributed by atoms with Crippen molar-refractivity contribution in [2.24, 2.45) is 10.9 Å². The molecule has 1 aromatic heterocycles. The Hall–Kier alpha value is -1.57. The molecule has 1 aromatic rings. The van der Waals surface area contributed by atoms with E-state index in [0.29, 0.717) is 0 Å². The fourth-order valence-corrected chi connectivity index (χ4v) is 5.82. The number of morpholine rings is 1. The second-order valence-corrected chi connectivity index (χ2v) is 9.94. The van der Waals surface area contributed by atoms with Gasteiger partial charge < -0.3 is 19.4 Å². The Bertz CT molecular complexity index is 714. The lowest BCUT2D eigenvalue weighted by Gasteiger charge is -2.48. The lowest BCUT2D eigenvalue weighted by molar-refractivity contribution is 0.0365. The first-order chi connectivity index (χ1) is 15.9. The Morgan fingerprint density at radius 3 is 2.81 bits per heavy atom. The van der Waals surface area contributed by atoms with E-state index in [1.165, 1.54) is 38.6 Å². The van der Waals surface area contributed by atoms with Crippen molar-refractivity contribution in [1.82, 2.24) is 20.0 Å². The largest absolute Gasteiger partial charge is 0.469 e. The van der Waals surface area contributed by atoms with Crippen LogP contribution < -0.4 is 5.32 Å². The quantitative estimate of drug-likeness (QED) is 0.378. The first-order valence-electron chi connectivity index (χ1n) is 13.0. The van der Waals surface area contributed by atoms with Gasteiger partial charge in [0.15, 0.2) is 5.96 Å². The normalized spacial score (nSPS) is 28.0. The fourth-order valence-electron chi connectivity index (χ4n) is 5.82. The molecule has 7 heteroatoms. The van der Waals surface area contributed by atoms with Crippen LogP contribution in [0.4, 0.5) is 0 Å². The van der Waals surface area contributed by atoms with Crippen LogP contribution in [0.5, 0.6) is 0 Å². The number of hydrogen-bond donors (Lipinski definition) is 1. The highest BCUT2D eigenvalue weighted by molar-refractivity contribution is 5.80. The molecular weight excluding hydrogens is 402 g/mol. The van der Waals surface area contributed by atoms with Crippen molar-refractivity contribution in [2.45, 2.75) is 57.0 Å². The summed E-state index contributed by atoms with van der Waals surface area (Å²) in [6.07, 6.45) is 10.6. The van der Waals surface area contributed by atoms with E-state index in [2.05, 4.69) is 26.1 Å². The highest BCUT2D eigenvalue weighted by atomic mass is 16.5. The predicted molar refractivity (Wildman–Crippen MR) is 127 cm³/mol. The molecule has 0 spiro atoms. The predicted octanol–water partition coefficient (Wildman–Crippen LogP) is 2.44. The van der Waals surface area contributed by atoms with Crippen molar-refractivity contribution in [3.05, 3.63) is 24.2 Å². The van der Waals surface area contributed by atoms with E-state index < -0.39 is 0 Å². The molecule has 0 radical (unpaired) electrons. The zero-order valence-corrected chi connectivity index (χ0v) is 19.6. The van der Waals surface area contributed by atoms with Crippen LogP contribution in [-0.2, 0) is 11.2 Å². The summed E-state index contributed by atoms with van der Waals surface area (Å²) in [6, 6.07) is 5.73. The van der Waals surface area contributed by atoms with Gasteiger partial charge in [0, 0.05) is 64.3 Å². The Kier molecular flexibility index (Phi) is 7.67. The van der Waals surface area contributed by atoms with E-state index in [1.807, 2.05) is 6.07 Å². The minimum Gasteiger partial charge on any atom is -0.469 e. The van der Waals surface area contributed by atoms with Crippen LogP contribution in [0.1, 0.15) is 44.3 Å². The number of nitrogens with one attached hydrogen (secondary N) is 1. The Morgan fingerprint density at radius 1 is 1.09 bits per heavy atom. The molecule has 32 heavy (non-hydrogen) atoms. The van der Waals surface area contributed by atoms with E-state index in [4.69, 9.17) is 14.1 Å². The van der Waals surface area contributed by atoms with Crippen molar-refractivity contribution >= 4 is 5.96 Å². The zero-order valence-electron chi connectivity index (χ0n) is 19.6. The Balaban J connectivity index is 1.16. The van der Waals surface area contributed by atoms with E-state index in [-0.39, 0.29) is 0 Å². The minimum absolute atomic E-state index is 0.795. The van der Waals surface area contributed by atoms with Gasteiger partial charge >= 0.3 is 0 Å². The molecule has 4 heterocycles. The maximum Gasteiger partial charge on any atom is 0.193 e. The molecule has 2 atom stereocenters. The summed E-state index contributed by atoms with van der Waals surface area (Å²) in [5, 5.41) is 3.68. The highest BCUT2D eigenvalue weighted by Gasteiger charge is 2.42. The summed E-state index contributed by atoms with van der Waals surface area (Å²) in [5.41, 5.74) is 0. The first kappa shape index (κ1) is 22.2. The van der Waals surface area contributed by atoms with Crippen LogP contribution in [0.2, 0.25) is 0 Å². The Morgan fingerprint density at radius 2 is 2.00 bits per heavy atom. The molecule has 178 valence electrons. The van der Waals surface area contributed by atoms with E-state index in [0.717, 1.165) is 102 Å². The van der Waals surface area contributed by atoms with Crippen LogP contribution in [0.15, 0.2) is 27.8 Å². The van der Waals surface area contributed by atoms with Gasteiger partial charge in [0.1, 0.15) is 5.76 Å². The van der Waals surface area contributed by atoms with E-state index >= 15 is 0 Å². The summed E-state index contributed by atoms with van der Waals surface area (Å²) < 4.78 is 11.0. The zero-order chi connectivity index (χ0) is 21.6. The second kappa shape index (κ2) is 11.0. The molecule has 4 aliphatic rings. The van der Waals surface area contributed by atoms with Gasteiger partial charge in [-0.1, -0.05) is 0 Å². The minimum atomic E-state index is 0.795. The van der Waals surface area contributed by atoms with Gasteiger partial charge in [0.25, 0.3) is 0 Å². The van der Waals surface area contributed by atoms with Crippen molar-refractivity contribution < 1.29 is 9.15 Å². The number of piperidine rings is 2. The molecule has 3 aliphatic heterocycles. The summed E-state index contributed by atoms with van der Waals surface area (Å²) in [5.74, 6) is 2.94. The fraction of sp³-hybridized carbons (Fsp3) is 0.800. The van der Waals surface area contributed by atoms with Gasteiger partial charge in [-0.2, -0.15) is 0 Å². The molecule has 7 nitrogen and oxygen atoms in total. The second-order valence-electron chi connectivity index (χ2n) is 9.94. The average Bonchev–Trinajstić information content (AvgIpc) is 3.56. The molecule has 0 aromatic carbocycles. The highest BCUT2D eigenvalue weighted by Crippen LogP contribution is 2.38. The molecule has 0 bridgehead atoms. The van der Waals surface area contributed by atoms with Crippen molar-refractivity contribution in [3.8, 4) is 0 Å². The summed E-state index contributed by atoms with van der Waals surface area (Å²) >= 11 is 0. The maximum absolute atomic E-state index is 5.52.